The summed E-state index contributed by atoms with van der Waals surface area (Å²) in [6, 6.07) is 7.66. The quantitative estimate of drug-likeness (QED) is 0.435. The maximum Gasteiger partial charge on any atom is 0.298 e. The summed E-state index contributed by atoms with van der Waals surface area (Å²) in [4.78, 5) is 17.3. The molecule has 0 bridgehead atoms. The Morgan fingerprint density at radius 2 is 2.14 bits per heavy atom. The van der Waals surface area contributed by atoms with Crippen LogP contribution in [0.2, 0.25) is 5.02 Å². The Morgan fingerprint density at radius 3 is 2.86 bits per heavy atom. The van der Waals surface area contributed by atoms with Crippen molar-refractivity contribution in [2.45, 2.75) is 38.1 Å². The van der Waals surface area contributed by atoms with Gasteiger partial charge >= 0.3 is 0 Å². The normalized spacial score (nSPS) is 21.9. The molecule has 9 nitrogen and oxygen atoms in total. The van der Waals surface area contributed by atoms with E-state index in [9.17, 15) is 4.79 Å². The van der Waals surface area contributed by atoms with Crippen LogP contribution in [0.5, 0.6) is 0 Å². The Bertz CT molecular complexity index is 1070. The summed E-state index contributed by atoms with van der Waals surface area (Å²) < 4.78 is 5.75. The SMILES string of the molecule is CC1=C(C(=O)NC2CC2)C(c2[nH]ncc2Cl)NC(Nc2nc3ccccc3o2)N1. The Morgan fingerprint density at radius 1 is 1.31 bits per heavy atom. The van der Waals surface area contributed by atoms with Gasteiger partial charge in [0.05, 0.1) is 28.5 Å². The summed E-state index contributed by atoms with van der Waals surface area (Å²) in [5, 5.41) is 20.2. The maximum absolute atomic E-state index is 12.9. The zero-order valence-corrected chi connectivity index (χ0v) is 16.4. The van der Waals surface area contributed by atoms with Crippen LogP contribution in [-0.4, -0.2) is 33.4 Å². The van der Waals surface area contributed by atoms with Gasteiger partial charge in [0.15, 0.2) is 11.9 Å². The average Bonchev–Trinajstić information content (AvgIpc) is 3.24. The number of para-hydroxylation sites is 2. The number of rotatable bonds is 5. The number of aromatic amines is 1. The lowest BCUT2D eigenvalue weighted by atomic mass is 9.98. The molecule has 1 fully saturated rings. The fourth-order valence-electron chi connectivity index (χ4n) is 3.44. The van der Waals surface area contributed by atoms with Gasteiger partial charge in [0.2, 0.25) is 0 Å². The van der Waals surface area contributed by atoms with Crippen molar-refractivity contribution >= 4 is 34.6 Å². The highest BCUT2D eigenvalue weighted by atomic mass is 35.5. The van der Waals surface area contributed by atoms with Gasteiger partial charge in [-0.2, -0.15) is 10.1 Å². The van der Waals surface area contributed by atoms with E-state index in [1.165, 1.54) is 6.20 Å². The number of H-pyrrole nitrogens is 1. The zero-order valence-electron chi connectivity index (χ0n) is 15.6. The van der Waals surface area contributed by atoms with Crippen molar-refractivity contribution in [1.82, 2.24) is 31.1 Å². The topological polar surface area (TPSA) is 120 Å². The van der Waals surface area contributed by atoms with Gasteiger partial charge in [0, 0.05) is 11.7 Å². The second kappa shape index (κ2) is 7.09. The van der Waals surface area contributed by atoms with Crippen LogP contribution in [0.4, 0.5) is 6.01 Å². The van der Waals surface area contributed by atoms with Gasteiger partial charge in [0.25, 0.3) is 11.9 Å². The molecule has 5 N–H and O–H groups in total. The Kier molecular flexibility index (Phi) is 4.40. The number of nitrogens with zero attached hydrogens (tertiary/aromatic N) is 2. The molecule has 0 spiro atoms. The molecule has 5 rings (SSSR count). The minimum Gasteiger partial charge on any atom is -0.423 e. The number of benzene rings is 1. The molecule has 2 atom stereocenters. The van der Waals surface area contributed by atoms with E-state index in [0.29, 0.717) is 27.9 Å². The van der Waals surface area contributed by atoms with Crippen LogP contribution in [0.1, 0.15) is 31.5 Å². The molecule has 1 amide bonds. The molecule has 2 aliphatic rings. The van der Waals surface area contributed by atoms with Gasteiger partial charge in [-0.05, 0) is 31.9 Å². The van der Waals surface area contributed by atoms with Crippen LogP contribution in [0.3, 0.4) is 0 Å². The first-order valence-electron chi connectivity index (χ1n) is 9.43. The van der Waals surface area contributed by atoms with Crippen LogP contribution in [-0.2, 0) is 4.79 Å². The van der Waals surface area contributed by atoms with Crippen LogP contribution in [0.15, 0.2) is 46.1 Å². The number of oxazole rings is 1. The minimum absolute atomic E-state index is 0.124. The summed E-state index contributed by atoms with van der Waals surface area (Å²) in [7, 11) is 0. The number of allylic oxidation sites excluding steroid dienone is 1. The Balaban J connectivity index is 1.44. The first-order valence-corrected chi connectivity index (χ1v) is 9.81. The number of nitrogens with one attached hydrogen (secondary N) is 5. The van der Waals surface area contributed by atoms with E-state index in [4.69, 9.17) is 16.0 Å². The first-order chi connectivity index (χ1) is 14.1. The highest BCUT2D eigenvalue weighted by Crippen LogP contribution is 2.32. The molecular formula is C19H20ClN7O2. The lowest BCUT2D eigenvalue weighted by molar-refractivity contribution is -0.118. The van der Waals surface area contributed by atoms with Crippen molar-refractivity contribution in [3.05, 3.63) is 52.4 Å². The third-order valence-electron chi connectivity index (χ3n) is 5.01. The molecule has 1 aliphatic carbocycles. The molecule has 2 unspecified atom stereocenters. The second-order valence-electron chi connectivity index (χ2n) is 7.23. The predicted molar refractivity (Wildman–Crippen MR) is 108 cm³/mol. The standard InChI is InChI=1S/C19H20ClN7O2/c1-9-14(17(28)23-10-6-7-10)16(15-11(20)8-21-27-15)25-18(22-9)26-19-24-12-4-2-3-5-13(12)29-19/h2-5,8,10,16,18,22,25H,6-7H2,1H3,(H,21,27)(H,23,28)(H,24,26). The molecule has 29 heavy (non-hydrogen) atoms. The van der Waals surface area contributed by atoms with Crippen LogP contribution in [0.25, 0.3) is 11.1 Å². The smallest absolute Gasteiger partial charge is 0.298 e. The Labute approximate surface area is 171 Å². The van der Waals surface area contributed by atoms with Crippen LogP contribution < -0.4 is 21.3 Å². The lowest BCUT2D eigenvalue weighted by Crippen LogP contribution is -2.55. The van der Waals surface area contributed by atoms with E-state index >= 15 is 0 Å². The number of amides is 1. The van der Waals surface area contributed by atoms with E-state index in [-0.39, 0.29) is 11.9 Å². The number of carbonyl (C=O) groups excluding carboxylic acids is 1. The van der Waals surface area contributed by atoms with E-state index in [0.717, 1.165) is 24.1 Å². The fraction of sp³-hybridized carbons (Fsp3) is 0.316. The molecule has 10 heteroatoms. The highest BCUT2D eigenvalue weighted by Gasteiger charge is 2.36. The summed E-state index contributed by atoms with van der Waals surface area (Å²) in [6.07, 6.45) is 3.10. The van der Waals surface area contributed by atoms with Crippen molar-refractivity contribution in [2.24, 2.45) is 0 Å². The van der Waals surface area contributed by atoms with Crippen LogP contribution >= 0.6 is 11.6 Å². The predicted octanol–water partition coefficient (Wildman–Crippen LogP) is 2.39. The van der Waals surface area contributed by atoms with Gasteiger partial charge in [0.1, 0.15) is 5.52 Å². The molecule has 1 aromatic carbocycles. The molecule has 150 valence electrons. The van der Waals surface area contributed by atoms with Crippen molar-refractivity contribution in [2.75, 3.05) is 5.32 Å². The van der Waals surface area contributed by atoms with Gasteiger partial charge in [-0.15, -0.1) is 0 Å². The number of hydrogen-bond donors (Lipinski definition) is 5. The van der Waals surface area contributed by atoms with Crippen molar-refractivity contribution in [1.29, 1.82) is 0 Å². The minimum atomic E-state index is -0.480. The lowest BCUT2D eigenvalue weighted by Gasteiger charge is -2.34. The van der Waals surface area contributed by atoms with E-state index < -0.39 is 12.3 Å². The molecule has 3 aromatic rings. The molecular weight excluding hydrogens is 394 g/mol. The first kappa shape index (κ1) is 18.0. The monoisotopic (exact) mass is 413 g/mol. The maximum atomic E-state index is 12.9. The molecule has 1 aliphatic heterocycles. The number of fused-ring (bicyclic) bond motifs is 1. The molecule has 3 heterocycles. The number of hydrogen-bond acceptors (Lipinski definition) is 7. The van der Waals surface area contributed by atoms with Gasteiger partial charge in [-0.1, -0.05) is 23.7 Å². The summed E-state index contributed by atoms with van der Waals surface area (Å²) in [5.41, 5.74) is 3.37. The summed E-state index contributed by atoms with van der Waals surface area (Å²) in [5.74, 6) is -0.124. The highest BCUT2D eigenvalue weighted by molar-refractivity contribution is 6.31. The molecule has 2 aromatic heterocycles. The van der Waals surface area contributed by atoms with Gasteiger partial charge in [-0.3, -0.25) is 15.2 Å². The largest absolute Gasteiger partial charge is 0.423 e. The number of carbonyl (C=O) groups is 1. The van der Waals surface area contributed by atoms with Crippen molar-refractivity contribution in [3.63, 3.8) is 0 Å². The van der Waals surface area contributed by atoms with E-state index in [1.807, 2.05) is 31.2 Å². The second-order valence-corrected chi connectivity index (χ2v) is 7.63. The fourth-order valence-corrected chi connectivity index (χ4v) is 3.64. The molecule has 1 saturated carbocycles. The Hall–Kier alpha value is -3.04. The van der Waals surface area contributed by atoms with Gasteiger partial charge in [-0.25, -0.2) is 0 Å². The third kappa shape index (κ3) is 3.54. The van der Waals surface area contributed by atoms with Crippen LogP contribution in [0, 0.1) is 0 Å². The van der Waals surface area contributed by atoms with Gasteiger partial charge < -0.3 is 20.4 Å². The number of aromatic nitrogens is 3. The van der Waals surface area contributed by atoms with E-state index in [2.05, 4.69) is 36.4 Å². The number of anilines is 1. The van der Waals surface area contributed by atoms with Crippen molar-refractivity contribution < 1.29 is 9.21 Å². The zero-order chi connectivity index (χ0) is 20.0. The third-order valence-corrected chi connectivity index (χ3v) is 5.32. The summed E-state index contributed by atoms with van der Waals surface area (Å²) in [6.45, 7) is 1.86. The number of halogens is 1. The molecule has 0 saturated heterocycles. The average molecular weight is 414 g/mol. The summed E-state index contributed by atoms with van der Waals surface area (Å²) >= 11 is 6.31. The van der Waals surface area contributed by atoms with E-state index in [1.54, 1.807) is 0 Å². The molecule has 0 radical (unpaired) electrons. The van der Waals surface area contributed by atoms with Crippen molar-refractivity contribution in [3.8, 4) is 0 Å².